The van der Waals surface area contributed by atoms with Crippen LogP contribution in [0.3, 0.4) is 0 Å². The highest BCUT2D eigenvalue weighted by Gasteiger charge is 2.63. The third kappa shape index (κ3) is 9.89. The van der Waals surface area contributed by atoms with Gasteiger partial charge < -0.3 is 15.5 Å². The van der Waals surface area contributed by atoms with E-state index in [0.29, 0.717) is 13.0 Å². The van der Waals surface area contributed by atoms with Gasteiger partial charge in [-0.2, -0.15) is 0 Å². The highest BCUT2D eigenvalue weighted by atomic mass is 32.2. The molecule has 284 valence electrons. The van der Waals surface area contributed by atoms with Crippen LogP contribution in [0.5, 0.6) is 0 Å². The summed E-state index contributed by atoms with van der Waals surface area (Å²) < 4.78 is 25.6. The van der Waals surface area contributed by atoms with Gasteiger partial charge in [0.15, 0.2) is 11.6 Å². The minimum Gasteiger partial charge on any atom is -0.334 e. The zero-order valence-corrected chi connectivity index (χ0v) is 32.2. The van der Waals surface area contributed by atoms with Gasteiger partial charge in [-0.05, 0) is 80.0 Å². The third-order valence-corrected chi connectivity index (χ3v) is 13.5. The summed E-state index contributed by atoms with van der Waals surface area (Å²) in [6.45, 7) is 9.87. The van der Waals surface area contributed by atoms with Crippen molar-refractivity contribution in [3.63, 3.8) is 0 Å². The van der Waals surface area contributed by atoms with Crippen molar-refractivity contribution in [1.82, 2.24) is 19.8 Å². The van der Waals surface area contributed by atoms with Crippen LogP contribution >= 0.6 is 0 Å². The maximum absolute atomic E-state index is 14.9. The Morgan fingerprint density at radius 1 is 1.06 bits per heavy atom. The number of nitrogens with one attached hydrogen (secondary N) is 2. The number of rotatable bonds is 17. The van der Waals surface area contributed by atoms with Crippen LogP contribution in [0.2, 0.25) is 0 Å². The van der Waals surface area contributed by atoms with Crippen molar-refractivity contribution in [2.24, 2.45) is 34.5 Å². The quantitative estimate of drug-likeness (QED) is 0.126. The molecule has 4 aliphatic rings. The first-order valence-electron chi connectivity index (χ1n) is 18.9. The lowest BCUT2D eigenvalue weighted by atomic mass is 9.81. The average Bonchev–Trinajstić information content (AvgIpc) is 3.64. The Kier molecular flexibility index (Phi) is 13.4. The van der Waals surface area contributed by atoms with E-state index in [-0.39, 0.29) is 67.1 Å². The van der Waals surface area contributed by atoms with Crippen molar-refractivity contribution in [3.8, 4) is 12.3 Å². The molecule has 12 heteroatoms. The number of hydrogen-bond acceptors (Lipinski definition) is 7. The Bertz CT molecular complexity index is 1480. The molecule has 4 fully saturated rings. The summed E-state index contributed by atoms with van der Waals surface area (Å²) in [5, 5.41) is 5.98. The fourth-order valence-electron chi connectivity index (χ4n) is 8.81. The SMILES string of the molecule is C#CCCC(CC(=O)[C@@H]1[C@H]2CCC3(CC3)[C@H]2CN1C(=O)[C@@H](NC(=O)N[C@H](CN(C)S(C)(=O)=O)C(C)(C)C)C1CCCCC1)C(=O)C(=O)CCC=C. The number of likely N-dealkylation sites (N-methyl/N-ethyl adjacent to an activating group) is 1. The van der Waals surface area contributed by atoms with E-state index in [0.717, 1.165) is 64.0 Å². The molecule has 1 spiro atoms. The minimum atomic E-state index is -3.50. The second kappa shape index (κ2) is 16.7. The van der Waals surface area contributed by atoms with E-state index in [9.17, 15) is 32.4 Å². The number of hydrogen-bond donors (Lipinski definition) is 2. The first kappa shape index (κ1) is 40.7. The summed E-state index contributed by atoms with van der Waals surface area (Å²) in [7, 11) is -2.03. The number of ketones is 3. The molecule has 3 amide bonds. The lowest BCUT2D eigenvalue weighted by Gasteiger charge is -2.37. The van der Waals surface area contributed by atoms with Gasteiger partial charge in [0.2, 0.25) is 21.7 Å². The topological polar surface area (TPSA) is 150 Å². The summed E-state index contributed by atoms with van der Waals surface area (Å²) in [5.41, 5.74) is -0.363. The molecule has 0 bridgehead atoms. The van der Waals surface area contributed by atoms with Gasteiger partial charge in [-0.25, -0.2) is 17.5 Å². The predicted octanol–water partition coefficient (Wildman–Crippen LogP) is 4.65. The number of fused-ring (bicyclic) bond motifs is 2. The Balaban J connectivity index is 1.61. The van der Waals surface area contributed by atoms with E-state index in [2.05, 4.69) is 23.1 Å². The molecule has 0 aromatic heterocycles. The van der Waals surface area contributed by atoms with Crippen LogP contribution in [0, 0.1) is 46.8 Å². The summed E-state index contributed by atoms with van der Waals surface area (Å²) in [4.78, 5) is 70.8. The number of carbonyl (C=O) groups is 5. The lowest BCUT2D eigenvalue weighted by molar-refractivity contribution is -0.143. The van der Waals surface area contributed by atoms with Gasteiger partial charge >= 0.3 is 6.03 Å². The maximum atomic E-state index is 14.9. The van der Waals surface area contributed by atoms with Crippen LogP contribution in [-0.2, 0) is 29.2 Å². The molecule has 2 N–H and O–H groups in total. The number of nitrogens with zero attached hydrogens (tertiary/aromatic N) is 2. The number of terminal acetylenes is 1. The molecule has 0 aromatic rings. The molecule has 4 rings (SSSR count). The van der Waals surface area contributed by atoms with Crippen molar-refractivity contribution in [1.29, 1.82) is 0 Å². The molecule has 1 unspecified atom stereocenters. The van der Waals surface area contributed by atoms with Crippen LogP contribution in [0.1, 0.15) is 111 Å². The van der Waals surface area contributed by atoms with E-state index in [1.54, 1.807) is 11.0 Å². The molecule has 6 atom stereocenters. The molecule has 3 aliphatic carbocycles. The van der Waals surface area contributed by atoms with Crippen LogP contribution < -0.4 is 10.6 Å². The minimum absolute atomic E-state index is 0.0295. The largest absolute Gasteiger partial charge is 0.334 e. The fourth-order valence-corrected chi connectivity index (χ4v) is 9.23. The highest BCUT2D eigenvalue weighted by molar-refractivity contribution is 7.88. The second-order valence-electron chi connectivity index (χ2n) is 16.8. The molecule has 1 heterocycles. The van der Waals surface area contributed by atoms with Crippen LogP contribution in [-0.4, -0.2) is 91.4 Å². The second-order valence-corrected chi connectivity index (χ2v) is 18.9. The van der Waals surface area contributed by atoms with Gasteiger partial charge in [0.1, 0.15) is 6.04 Å². The van der Waals surface area contributed by atoms with Gasteiger partial charge in [0, 0.05) is 51.4 Å². The van der Waals surface area contributed by atoms with Gasteiger partial charge in [0.05, 0.1) is 12.3 Å². The van der Waals surface area contributed by atoms with E-state index in [1.807, 2.05) is 20.8 Å². The average molecular weight is 729 g/mol. The number of sulfonamides is 1. The van der Waals surface area contributed by atoms with Crippen molar-refractivity contribution in [2.75, 3.05) is 26.4 Å². The van der Waals surface area contributed by atoms with Gasteiger partial charge in [-0.1, -0.05) is 46.1 Å². The van der Waals surface area contributed by atoms with Crippen molar-refractivity contribution >= 4 is 39.3 Å². The molecule has 51 heavy (non-hydrogen) atoms. The number of allylic oxidation sites excluding steroid dienone is 1. The van der Waals surface area contributed by atoms with Gasteiger partial charge in [-0.15, -0.1) is 18.9 Å². The Morgan fingerprint density at radius 2 is 1.73 bits per heavy atom. The molecule has 11 nitrogen and oxygen atoms in total. The highest BCUT2D eigenvalue weighted by Crippen LogP contribution is 2.66. The first-order valence-corrected chi connectivity index (χ1v) is 20.7. The molecule has 1 aliphatic heterocycles. The Labute approximate surface area is 305 Å². The maximum Gasteiger partial charge on any atom is 0.315 e. The van der Waals surface area contributed by atoms with Crippen molar-refractivity contribution in [2.45, 2.75) is 129 Å². The molecular formula is C39H60N4O7S. The number of Topliss-reactive ketones (excluding diaryl/α,β-unsaturated/α-hetero) is 3. The van der Waals surface area contributed by atoms with Crippen molar-refractivity contribution in [3.05, 3.63) is 12.7 Å². The Morgan fingerprint density at radius 3 is 2.29 bits per heavy atom. The summed E-state index contributed by atoms with van der Waals surface area (Å²) >= 11 is 0. The number of likely N-dealkylation sites (tertiary alicyclic amines) is 1. The molecule has 0 aromatic carbocycles. The van der Waals surface area contributed by atoms with Crippen LogP contribution in [0.25, 0.3) is 0 Å². The summed E-state index contributed by atoms with van der Waals surface area (Å²) in [6, 6.07) is -2.73. The van der Waals surface area contributed by atoms with Crippen molar-refractivity contribution < 1.29 is 32.4 Å². The van der Waals surface area contributed by atoms with E-state index >= 15 is 0 Å². The van der Waals surface area contributed by atoms with Gasteiger partial charge in [-0.3, -0.25) is 19.2 Å². The fraction of sp³-hybridized carbons (Fsp3) is 0.769. The molecule has 1 saturated heterocycles. The molecular weight excluding hydrogens is 669 g/mol. The summed E-state index contributed by atoms with van der Waals surface area (Å²) in [5.74, 6) is 0.0596. The normalized spacial score (nSPS) is 24.6. The van der Waals surface area contributed by atoms with Crippen LogP contribution in [0.4, 0.5) is 4.79 Å². The molecule has 0 radical (unpaired) electrons. The lowest BCUT2D eigenvalue weighted by Crippen LogP contribution is -2.60. The van der Waals surface area contributed by atoms with Crippen LogP contribution in [0.15, 0.2) is 12.7 Å². The smallest absolute Gasteiger partial charge is 0.315 e. The zero-order valence-electron chi connectivity index (χ0n) is 31.4. The number of carbonyl (C=O) groups excluding carboxylic acids is 5. The molecule has 3 saturated carbocycles. The van der Waals surface area contributed by atoms with E-state index in [1.165, 1.54) is 11.4 Å². The number of amides is 3. The zero-order chi connectivity index (χ0) is 37.7. The van der Waals surface area contributed by atoms with Gasteiger partial charge in [0.25, 0.3) is 0 Å². The monoisotopic (exact) mass is 728 g/mol. The van der Waals surface area contributed by atoms with E-state index in [4.69, 9.17) is 6.42 Å². The Hall–Kier alpha value is -3.04. The van der Waals surface area contributed by atoms with E-state index < -0.39 is 57.1 Å². The third-order valence-electron chi connectivity index (χ3n) is 12.3. The summed E-state index contributed by atoms with van der Waals surface area (Å²) in [6.07, 6.45) is 17.3. The number of urea groups is 1. The standard InChI is InChI=1S/C39H60N4O7S/c1-8-10-15-27(35(46)30(44)18-11-9-2)23-31(45)34-28-19-20-39(21-22-39)29(28)24-43(34)36(47)33(26-16-13-12-14-17-26)41-37(48)40-32(38(3,4)5)25-42(6)51(7,49)50/h1,9,26-29,32-34H,2,10-25H2,3-7H3,(H2,40,41,48)/t27?,28-,29-,32+,33-,34-/m0/s1. The first-order chi connectivity index (χ1) is 23.9. The predicted molar refractivity (Wildman–Crippen MR) is 197 cm³/mol.